The molecule has 8 nitrogen and oxygen atoms in total. The van der Waals surface area contributed by atoms with Crippen LogP contribution in [0, 0.1) is 0 Å². The molecule has 2 aromatic carbocycles. The number of benzene rings is 2. The fourth-order valence-electron chi connectivity index (χ4n) is 4.01. The number of hydrogen-bond donors (Lipinski definition) is 0. The second-order valence-corrected chi connectivity index (χ2v) is 10.3. The van der Waals surface area contributed by atoms with E-state index in [2.05, 4.69) is 20.9 Å². The summed E-state index contributed by atoms with van der Waals surface area (Å²) in [6, 6.07) is 16.7. The van der Waals surface area contributed by atoms with Gasteiger partial charge in [0.15, 0.2) is 0 Å². The van der Waals surface area contributed by atoms with Crippen LogP contribution in [0.4, 0.5) is 4.79 Å². The Hall–Kier alpha value is -3.33. The van der Waals surface area contributed by atoms with Gasteiger partial charge in [-0.05, 0) is 54.4 Å². The number of hydrogen-bond acceptors (Lipinski definition) is 7. The predicted octanol–water partition coefficient (Wildman–Crippen LogP) is 5.51. The van der Waals surface area contributed by atoms with Gasteiger partial charge in [0.05, 0.1) is 19.2 Å². The number of rotatable bonds is 6. The highest BCUT2D eigenvalue weighted by Crippen LogP contribution is 2.40. The summed E-state index contributed by atoms with van der Waals surface area (Å²) in [5.41, 5.74) is 1.02. The van der Waals surface area contributed by atoms with Crippen molar-refractivity contribution in [1.29, 1.82) is 0 Å². The molecule has 1 aliphatic heterocycles. The van der Waals surface area contributed by atoms with Crippen LogP contribution < -0.4 is 9.47 Å². The van der Waals surface area contributed by atoms with Gasteiger partial charge in [0.25, 0.3) is 0 Å². The molecule has 0 aliphatic carbocycles. The number of methoxy groups -OCH3 is 1. The van der Waals surface area contributed by atoms with Gasteiger partial charge in [-0.25, -0.2) is 14.6 Å². The third-order valence-electron chi connectivity index (χ3n) is 5.63. The van der Waals surface area contributed by atoms with Crippen molar-refractivity contribution in [1.82, 2.24) is 9.88 Å². The Morgan fingerprint density at radius 2 is 1.78 bits per heavy atom. The van der Waals surface area contributed by atoms with Crippen molar-refractivity contribution >= 4 is 38.9 Å². The molecule has 1 fully saturated rings. The maximum Gasteiger partial charge on any atom is 0.411 e. The molecule has 9 heteroatoms. The largest absolute Gasteiger partial charge is 0.487 e. The highest BCUT2D eigenvalue weighted by Gasteiger charge is 2.43. The van der Waals surface area contributed by atoms with Crippen molar-refractivity contribution in [3.8, 4) is 11.6 Å². The molecule has 1 aliphatic rings. The maximum absolute atomic E-state index is 12.8. The molecule has 2 atom stereocenters. The third-order valence-corrected chi connectivity index (χ3v) is 6.33. The average molecular weight is 557 g/mol. The molecule has 4 rings (SSSR count). The van der Waals surface area contributed by atoms with Gasteiger partial charge in [-0.3, -0.25) is 4.90 Å². The van der Waals surface area contributed by atoms with E-state index in [1.54, 1.807) is 20.8 Å². The second-order valence-electron chi connectivity index (χ2n) is 9.50. The van der Waals surface area contributed by atoms with E-state index in [4.69, 9.17) is 18.9 Å². The van der Waals surface area contributed by atoms with Crippen molar-refractivity contribution in [3.05, 3.63) is 64.6 Å². The Morgan fingerprint density at radius 3 is 2.47 bits per heavy atom. The number of aromatic nitrogens is 1. The zero-order valence-corrected chi connectivity index (χ0v) is 22.3. The molecular formula is C27H29BrN2O6. The van der Waals surface area contributed by atoms with Crippen LogP contribution in [0.25, 0.3) is 10.9 Å². The van der Waals surface area contributed by atoms with E-state index in [-0.39, 0.29) is 13.0 Å². The molecular weight excluding hydrogens is 528 g/mol. The van der Waals surface area contributed by atoms with Crippen molar-refractivity contribution < 1.29 is 28.5 Å². The predicted molar refractivity (Wildman–Crippen MR) is 138 cm³/mol. The number of pyridine rings is 1. The van der Waals surface area contributed by atoms with Crippen molar-refractivity contribution in [2.75, 3.05) is 13.7 Å². The number of ether oxygens (including phenoxy) is 4. The highest BCUT2D eigenvalue weighted by atomic mass is 79.9. The summed E-state index contributed by atoms with van der Waals surface area (Å²) in [5, 5.41) is 0.835. The minimum Gasteiger partial charge on any atom is -0.487 e. The van der Waals surface area contributed by atoms with Gasteiger partial charge in [0.1, 0.15) is 34.6 Å². The zero-order valence-electron chi connectivity index (χ0n) is 20.7. The maximum atomic E-state index is 12.8. The Kier molecular flexibility index (Phi) is 7.68. The number of likely N-dealkylation sites (tertiary alicyclic amines) is 1. The van der Waals surface area contributed by atoms with Gasteiger partial charge >= 0.3 is 12.1 Å². The van der Waals surface area contributed by atoms with Crippen LogP contribution in [-0.2, 0) is 20.9 Å². The number of amides is 1. The molecule has 0 saturated carbocycles. The third kappa shape index (κ3) is 5.90. The van der Waals surface area contributed by atoms with Crippen LogP contribution in [0.1, 0.15) is 32.8 Å². The number of halogens is 1. The normalized spacial score (nSPS) is 17.6. The van der Waals surface area contributed by atoms with E-state index in [9.17, 15) is 9.59 Å². The number of para-hydroxylation sites is 1. The zero-order chi connectivity index (χ0) is 25.9. The Morgan fingerprint density at radius 1 is 1.08 bits per heavy atom. The molecule has 0 spiro atoms. The lowest BCUT2D eigenvalue weighted by Crippen LogP contribution is -2.44. The number of carbonyl (C=O) groups is 2. The van der Waals surface area contributed by atoms with Gasteiger partial charge in [-0.1, -0.05) is 42.5 Å². The summed E-state index contributed by atoms with van der Waals surface area (Å²) in [6.07, 6.45) is -0.859. The molecule has 0 bridgehead atoms. The van der Waals surface area contributed by atoms with Crippen molar-refractivity contribution in [2.45, 2.75) is 51.5 Å². The number of carbonyl (C=O) groups excluding carboxylic acids is 2. The average Bonchev–Trinajstić information content (AvgIpc) is 3.27. The quantitative estimate of drug-likeness (QED) is 0.370. The van der Waals surface area contributed by atoms with Crippen LogP contribution in [0.2, 0.25) is 0 Å². The van der Waals surface area contributed by atoms with Crippen LogP contribution >= 0.6 is 15.9 Å². The van der Waals surface area contributed by atoms with E-state index in [0.717, 1.165) is 10.9 Å². The summed E-state index contributed by atoms with van der Waals surface area (Å²) in [6.45, 7) is 5.84. The van der Waals surface area contributed by atoms with E-state index in [0.29, 0.717) is 28.2 Å². The summed E-state index contributed by atoms with van der Waals surface area (Å²) in [5.74, 6) is 0.395. The first-order valence-electron chi connectivity index (χ1n) is 11.7. The number of esters is 1. The molecule has 1 amide bonds. The molecule has 36 heavy (non-hydrogen) atoms. The van der Waals surface area contributed by atoms with Crippen molar-refractivity contribution in [3.63, 3.8) is 0 Å². The summed E-state index contributed by atoms with van der Waals surface area (Å²) in [4.78, 5) is 31.3. The molecule has 0 N–H and O–H groups in total. The molecule has 190 valence electrons. The van der Waals surface area contributed by atoms with E-state index >= 15 is 0 Å². The fraction of sp³-hybridized carbons (Fsp3) is 0.370. The molecule has 1 aromatic heterocycles. The molecule has 2 heterocycles. The molecule has 1 saturated heterocycles. The highest BCUT2D eigenvalue weighted by molar-refractivity contribution is 9.10. The Bertz CT molecular complexity index is 1240. The smallest absolute Gasteiger partial charge is 0.411 e. The van der Waals surface area contributed by atoms with Crippen LogP contribution in [0.5, 0.6) is 11.6 Å². The summed E-state index contributed by atoms with van der Waals surface area (Å²) in [7, 11) is 1.29. The van der Waals surface area contributed by atoms with Crippen LogP contribution in [-0.4, -0.2) is 53.3 Å². The van der Waals surface area contributed by atoms with Crippen LogP contribution in [0.3, 0.4) is 0 Å². The van der Waals surface area contributed by atoms with E-state index in [1.807, 2.05) is 54.6 Å². The first kappa shape index (κ1) is 25.8. The van der Waals surface area contributed by atoms with E-state index < -0.39 is 29.8 Å². The lowest BCUT2D eigenvalue weighted by Gasteiger charge is -2.27. The van der Waals surface area contributed by atoms with Gasteiger partial charge in [-0.2, -0.15) is 0 Å². The lowest BCUT2D eigenvalue weighted by atomic mass is 10.2. The van der Waals surface area contributed by atoms with E-state index in [1.165, 1.54) is 12.0 Å². The van der Waals surface area contributed by atoms with Crippen molar-refractivity contribution in [2.24, 2.45) is 0 Å². The summed E-state index contributed by atoms with van der Waals surface area (Å²) >= 11 is 3.62. The summed E-state index contributed by atoms with van der Waals surface area (Å²) < 4.78 is 23.4. The molecule has 2 unspecified atom stereocenters. The van der Waals surface area contributed by atoms with Gasteiger partial charge in [0, 0.05) is 11.8 Å². The molecule has 3 aromatic rings. The van der Waals surface area contributed by atoms with Gasteiger partial charge in [-0.15, -0.1) is 0 Å². The fourth-order valence-corrected chi connectivity index (χ4v) is 4.52. The first-order chi connectivity index (χ1) is 17.2. The minimum atomic E-state index is -0.817. The van der Waals surface area contributed by atoms with Crippen LogP contribution in [0.15, 0.2) is 59.1 Å². The Balaban J connectivity index is 1.60. The standard InChI is InChI=1S/C27H29BrN2O6/c1-27(2,3)36-26(32)30-15-18(14-21(30)25(31)33-4)35-24-22(28)23(19-12-8-9-13-20(19)29-24)34-16-17-10-6-5-7-11-17/h5-13,18,21H,14-16H2,1-4H3. The number of fused-ring (bicyclic) bond motifs is 1. The molecule has 0 radical (unpaired) electrons. The lowest BCUT2D eigenvalue weighted by molar-refractivity contribution is -0.145. The van der Waals surface area contributed by atoms with Gasteiger partial charge < -0.3 is 18.9 Å². The topological polar surface area (TPSA) is 87.2 Å². The van der Waals surface area contributed by atoms with Gasteiger partial charge in [0.2, 0.25) is 5.88 Å². The first-order valence-corrected chi connectivity index (χ1v) is 12.4. The second kappa shape index (κ2) is 10.7. The minimum absolute atomic E-state index is 0.149. The SMILES string of the molecule is COC(=O)C1CC(Oc2nc3ccccc3c(OCc3ccccc3)c2Br)CN1C(=O)OC(C)(C)C. The number of nitrogens with zero attached hydrogens (tertiary/aromatic N) is 2. The monoisotopic (exact) mass is 556 g/mol. The Labute approximate surface area is 218 Å².